The van der Waals surface area contributed by atoms with Gasteiger partial charge in [0.1, 0.15) is 9.22 Å². The highest BCUT2D eigenvalue weighted by atomic mass is 32.2. The highest BCUT2D eigenvalue weighted by Crippen LogP contribution is 2.32. The largest absolute Gasteiger partial charge is 0.250 e. The molecule has 0 saturated carbocycles. The Bertz CT molecular complexity index is 952. The minimum absolute atomic E-state index is 0.289. The standard InChI is InChI=1S/C17H18N2O2S3/c1-11-6-4-5-7-14(11)9-18-24(20,21)16-8-15(10-22-16)17-19-12(2)13(3)23-17/h4-8,10,18H,9H2,1-3H3. The number of aryl methyl sites for hydroxylation is 3. The van der Waals surface area contributed by atoms with Crippen LogP contribution in [0, 0.1) is 20.8 Å². The Labute approximate surface area is 150 Å². The lowest BCUT2D eigenvalue weighted by atomic mass is 10.1. The number of nitrogens with zero attached hydrogens (tertiary/aromatic N) is 1. The maximum absolute atomic E-state index is 12.5. The van der Waals surface area contributed by atoms with Crippen molar-refractivity contribution in [3.63, 3.8) is 0 Å². The van der Waals surface area contributed by atoms with E-state index in [-0.39, 0.29) is 6.54 Å². The molecule has 2 heterocycles. The van der Waals surface area contributed by atoms with Gasteiger partial charge in [0.25, 0.3) is 0 Å². The van der Waals surface area contributed by atoms with Gasteiger partial charge in [-0.25, -0.2) is 18.1 Å². The van der Waals surface area contributed by atoms with Crippen molar-refractivity contribution in [3.05, 3.63) is 57.4 Å². The number of hydrogen-bond donors (Lipinski definition) is 1. The molecule has 7 heteroatoms. The average molecular weight is 379 g/mol. The van der Waals surface area contributed by atoms with Crippen LogP contribution in [-0.2, 0) is 16.6 Å². The summed E-state index contributed by atoms with van der Waals surface area (Å²) in [5.74, 6) is 0. The highest BCUT2D eigenvalue weighted by Gasteiger charge is 2.18. The molecule has 0 aliphatic rings. The van der Waals surface area contributed by atoms with E-state index in [9.17, 15) is 8.42 Å². The average Bonchev–Trinajstić information content (AvgIpc) is 3.15. The first kappa shape index (κ1) is 17.3. The van der Waals surface area contributed by atoms with Gasteiger partial charge in [0, 0.05) is 22.4 Å². The lowest BCUT2D eigenvalue weighted by Gasteiger charge is -2.07. The molecule has 0 radical (unpaired) electrons. The molecule has 0 saturated heterocycles. The molecule has 0 bridgehead atoms. The number of aromatic nitrogens is 1. The summed E-state index contributed by atoms with van der Waals surface area (Å²) in [6.07, 6.45) is 0. The summed E-state index contributed by atoms with van der Waals surface area (Å²) < 4.78 is 28.0. The molecule has 3 aromatic rings. The van der Waals surface area contributed by atoms with Gasteiger partial charge in [0.05, 0.1) is 5.69 Å². The molecule has 0 atom stereocenters. The summed E-state index contributed by atoms with van der Waals surface area (Å²) in [6, 6.07) is 9.45. The van der Waals surface area contributed by atoms with E-state index in [2.05, 4.69) is 9.71 Å². The van der Waals surface area contributed by atoms with Crippen molar-refractivity contribution in [2.24, 2.45) is 0 Å². The minimum Gasteiger partial charge on any atom is -0.241 e. The zero-order valence-electron chi connectivity index (χ0n) is 13.7. The summed E-state index contributed by atoms with van der Waals surface area (Å²) in [4.78, 5) is 5.64. The topological polar surface area (TPSA) is 59.1 Å². The Morgan fingerprint density at radius 2 is 1.92 bits per heavy atom. The zero-order chi connectivity index (χ0) is 17.3. The van der Waals surface area contributed by atoms with Gasteiger partial charge in [-0.15, -0.1) is 22.7 Å². The van der Waals surface area contributed by atoms with Crippen LogP contribution in [0.5, 0.6) is 0 Å². The third kappa shape index (κ3) is 3.59. The monoisotopic (exact) mass is 378 g/mol. The lowest BCUT2D eigenvalue weighted by Crippen LogP contribution is -2.22. The van der Waals surface area contributed by atoms with Crippen LogP contribution in [0.1, 0.15) is 21.7 Å². The molecule has 1 N–H and O–H groups in total. The van der Waals surface area contributed by atoms with Crippen LogP contribution in [-0.4, -0.2) is 13.4 Å². The Morgan fingerprint density at radius 1 is 1.17 bits per heavy atom. The second-order valence-electron chi connectivity index (χ2n) is 5.57. The van der Waals surface area contributed by atoms with Crippen LogP contribution in [0.4, 0.5) is 0 Å². The van der Waals surface area contributed by atoms with Gasteiger partial charge in [-0.2, -0.15) is 0 Å². The van der Waals surface area contributed by atoms with E-state index in [1.54, 1.807) is 17.4 Å². The second kappa shape index (κ2) is 6.76. The van der Waals surface area contributed by atoms with Crippen molar-refractivity contribution in [3.8, 4) is 10.6 Å². The molecule has 0 aliphatic carbocycles. The Kier molecular flexibility index (Phi) is 4.87. The zero-order valence-corrected chi connectivity index (χ0v) is 16.1. The predicted molar refractivity (Wildman–Crippen MR) is 100 cm³/mol. The van der Waals surface area contributed by atoms with E-state index in [1.165, 1.54) is 11.3 Å². The fourth-order valence-corrected chi connectivity index (χ4v) is 5.41. The summed E-state index contributed by atoms with van der Waals surface area (Å²) in [5.41, 5.74) is 3.89. The molecule has 24 heavy (non-hydrogen) atoms. The van der Waals surface area contributed by atoms with E-state index in [0.717, 1.165) is 32.3 Å². The van der Waals surface area contributed by atoms with Crippen molar-refractivity contribution in [1.29, 1.82) is 0 Å². The third-order valence-electron chi connectivity index (χ3n) is 3.83. The predicted octanol–water partition coefficient (Wildman–Crippen LogP) is 4.28. The molecule has 0 unspecified atom stereocenters. The molecule has 0 amide bonds. The van der Waals surface area contributed by atoms with Gasteiger partial charge in [-0.3, -0.25) is 0 Å². The number of hydrogen-bond acceptors (Lipinski definition) is 5. The molecular formula is C17H18N2O2S3. The Balaban J connectivity index is 1.79. The Morgan fingerprint density at radius 3 is 2.58 bits per heavy atom. The molecular weight excluding hydrogens is 360 g/mol. The second-order valence-corrected chi connectivity index (χ2v) is 9.67. The number of thiophene rings is 1. The first-order chi connectivity index (χ1) is 11.4. The summed E-state index contributed by atoms with van der Waals surface area (Å²) in [6.45, 7) is 6.24. The van der Waals surface area contributed by atoms with Crippen molar-refractivity contribution < 1.29 is 8.42 Å². The smallest absolute Gasteiger partial charge is 0.241 e. The molecule has 0 aliphatic heterocycles. The summed E-state index contributed by atoms with van der Waals surface area (Å²) in [7, 11) is -3.52. The molecule has 0 spiro atoms. The molecule has 2 aromatic heterocycles. The van der Waals surface area contributed by atoms with E-state index in [0.29, 0.717) is 4.21 Å². The van der Waals surface area contributed by atoms with Crippen LogP contribution >= 0.6 is 22.7 Å². The quantitative estimate of drug-likeness (QED) is 0.721. The van der Waals surface area contributed by atoms with E-state index in [1.807, 2.05) is 50.4 Å². The van der Waals surface area contributed by atoms with Crippen LogP contribution < -0.4 is 4.72 Å². The van der Waals surface area contributed by atoms with Gasteiger partial charge < -0.3 is 0 Å². The molecule has 4 nitrogen and oxygen atoms in total. The number of thiazole rings is 1. The van der Waals surface area contributed by atoms with Gasteiger partial charge >= 0.3 is 0 Å². The van der Waals surface area contributed by atoms with E-state index >= 15 is 0 Å². The van der Waals surface area contributed by atoms with Crippen molar-refractivity contribution in [2.75, 3.05) is 0 Å². The highest BCUT2D eigenvalue weighted by molar-refractivity contribution is 7.91. The number of benzene rings is 1. The van der Waals surface area contributed by atoms with Crippen molar-refractivity contribution in [2.45, 2.75) is 31.5 Å². The number of sulfonamides is 1. The third-order valence-corrected chi connectivity index (χ3v) is 7.79. The first-order valence-corrected chi connectivity index (χ1v) is 10.6. The minimum atomic E-state index is -3.52. The molecule has 3 rings (SSSR count). The Hall–Kier alpha value is -1.54. The van der Waals surface area contributed by atoms with Crippen molar-refractivity contribution in [1.82, 2.24) is 9.71 Å². The SMILES string of the molecule is Cc1ccccc1CNS(=O)(=O)c1cc(-c2nc(C)c(C)s2)cs1. The lowest BCUT2D eigenvalue weighted by molar-refractivity contribution is 0.583. The van der Waals surface area contributed by atoms with Gasteiger partial charge in [0.15, 0.2) is 0 Å². The maximum atomic E-state index is 12.5. The number of rotatable bonds is 5. The summed E-state index contributed by atoms with van der Waals surface area (Å²) >= 11 is 2.81. The van der Waals surface area contributed by atoms with Crippen LogP contribution in [0.15, 0.2) is 39.9 Å². The van der Waals surface area contributed by atoms with E-state index < -0.39 is 10.0 Å². The van der Waals surface area contributed by atoms with Crippen LogP contribution in [0.3, 0.4) is 0 Å². The normalized spacial score (nSPS) is 11.8. The molecule has 126 valence electrons. The molecule has 1 aromatic carbocycles. The van der Waals surface area contributed by atoms with E-state index in [4.69, 9.17) is 0 Å². The van der Waals surface area contributed by atoms with Crippen molar-refractivity contribution >= 4 is 32.7 Å². The van der Waals surface area contributed by atoms with Gasteiger partial charge in [-0.1, -0.05) is 24.3 Å². The summed E-state index contributed by atoms with van der Waals surface area (Å²) in [5, 5.41) is 2.71. The van der Waals surface area contributed by atoms with Gasteiger partial charge in [0.2, 0.25) is 10.0 Å². The maximum Gasteiger partial charge on any atom is 0.250 e. The fourth-order valence-electron chi connectivity index (χ4n) is 2.22. The van der Waals surface area contributed by atoms with Crippen LogP contribution in [0.25, 0.3) is 10.6 Å². The number of nitrogens with one attached hydrogen (secondary N) is 1. The van der Waals surface area contributed by atoms with Gasteiger partial charge in [-0.05, 0) is 38.0 Å². The fraction of sp³-hybridized carbons (Fsp3) is 0.235. The first-order valence-electron chi connectivity index (χ1n) is 7.44. The van der Waals surface area contributed by atoms with Crippen LogP contribution in [0.2, 0.25) is 0 Å². The molecule has 0 fully saturated rings.